The van der Waals surface area contributed by atoms with Crippen molar-refractivity contribution in [3.8, 4) is 22.6 Å². The van der Waals surface area contributed by atoms with Crippen molar-refractivity contribution in [3.63, 3.8) is 0 Å². The molecule has 0 radical (unpaired) electrons. The van der Waals surface area contributed by atoms with Crippen molar-refractivity contribution in [2.24, 2.45) is 11.7 Å². The van der Waals surface area contributed by atoms with E-state index in [-0.39, 0.29) is 12.1 Å². The van der Waals surface area contributed by atoms with Gasteiger partial charge in [0.05, 0.1) is 20.3 Å². The molecule has 178 valence electrons. The van der Waals surface area contributed by atoms with Gasteiger partial charge >= 0.3 is 6.03 Å². The number of nitrogens with zero attached hydrogens (tertiary/aromatic N) is 2. The molecule has 1 aliphatic heterocycles. The van der Waals surface area contributed by atoms with Gasteiger partial charge in [-0.25, -0.2) is 9.78 Å². The fourth-order valence-corrected chi connectivity index (χ4v) is 5.88. The van der Waals surface area contributed by atoms with Crippen molar-refractivity contribution < 1.29 is 14.3 Å². The third-order valence-electron chi connectivity index (χ3n) is 7.56. The Balaban J connectivity index is 1.58. The molecule has 0 saturated heterocycles. The highest BCUT2D eigenvalue weighted by Gasteiger charge is 2.37. The first-order valence-corrected chi connectivity index (χ1v) is 12.0. The van der Waals surface area contributed by atoms with Crippen molar-refractivity contribution >= 4 is 22.6 Å². The van der Waals surface area contributed by atoms with Crippen molar-refractivity contribution in [2.45, 2.75) is 45.1 Å². The molecule has 0 spiro atoms. The van der Waals surface area contributed by atoms with E-state index in [0.717, 1.165) is 47.0 Å². The summed E-state index contributed by atoms with van der Waals surface area (Å²) in [5.74, 6) is 1.86. The molecule has 34 heavy (non-hydrogen) atoms. The minimum Gasteiger partial charge on any atom is -0.493 e. The maximum atomic E-state index is 12.3. The molecular formula is C27H32N4O3. The van der Waals surface area contributed by atoms with Gasteiger partial charge in [0.2, 0.25) is 0 Å². The van der Waals surface area contributed by atoms with Crippen LogP contribution in [0.15, 0.2) is 42.2 Å². The number of fused-ring (bicyclic) bond motifs is 1. The van der Waals surface area contributed by atoms with Crippen LogP contribution in [0.25, 0.3) is 27.7 Å². The largest absolute Gasteiger partial charge is 0.493 e. The first-order chi connectivity index (χ1) is 16.5. The quantitative estimate of drug-likeness (QED) is 0.536. The molecule has 7 nitrogen and oxygen atoms in total. The number of urea groups is 1. The topological polar surface area (TPSA) is 93.5 Å². The van der Waals surface area contributed by atoms with Crippen LogP contribution in [-0.2, 0) is 0 Å². The number of rotatable bonds is 5. The zero-order valence-corrected chi connectivity index (χ0v) is 20.1. The lowest BCUT2D eigenvalue weighted by Crippen LogP contribution is -2.50. The summed E-state index contributed by atoms with van der Waals surface area (Å²) in [6.45, 7) is 2.83. The van der Waals surface area contributed by atoms with E-state index in [1.54, 1.807) is 14.2 Å². The molecule has 3 aromatic rings. The van der Waals surface area contributed by atoms with E-state index >= 15 is 0 Å². The van der Waals surface area contributed by atoms with Crippen molar-refractivity contribution in [3.05, 3.63) is 47.8 Å². The zero-order valence-electron chi connectivity index (χ0n) is 20.1. The lowest BCUT2D eigenvalue weighted by molar-refractivity contribution is 0.168. The zero-order chi connectivity index (χ0) is 23.8. The Morgan fingerprint density at radius 1 is 1.12 bits per heavy atom. The minimum absolute atomic E-state index is 0.0793. The van der Waals surface area contributed by atoms with Crippen molar-refractivity contribution in [1.29, 1.82) is 0 Å². The van der Waals surface area contributed by atoms with Gasteiger partial charge in [0.1, 0.15) is 5.65 Å². The number of benzene rings is 1. The van der Waals surface area contributed by atoms with Crippen LogP contribution in [0.4, 0.5) is 4.79 Å². The molecule has 1 atom stereocenters. The second kappa shape index (κ2) is 9.05. The van der Waals surface area contributed by atoms with Gasteiger partial charge in [-0.2, -0.15) is 0 Å². The third-order valence-corrected chi connectivity index (χ3v) is 7.56. The minimum atomic E-state index is -0.313. The molecule has 7 heteroatoms. The number of ether oxygens (including phenoxy) is 2. The summed E-state index contributed by atoms with van der Waals surface area (Å²) in [5, 5.41) is 1.08. The number of methoxy groups -OCH3 is 2. The number of aromatic nitrogens is 2. The molecule has 2 aromatic heterocycles. The Morgan fingerprint density at radius 3 is 2.59 bits per heavy atom. The Kier molecular flexibility index (Phi) is 5.94. The van der Waals surface area contributed by atoms with Gasteiger partial charge < -0.3 is 25.1 Å². The van der Waals surface area contributed by atoms with Gasteiger partial charge in [0.15, 0.2) is 11.5 Å². The molecule has 2 amide bonds. The van der Waals surface area contributed by atoms with Gasteiger partial charge in [0.25, 0.3) is 0 Å². The van der Waals surface area contributed by atoms with Crippen LogP contribution in [0.2, 0.25) is 0 Å². The van der Waals surface area contributed by atoms with Crippen molar-refractivity contribution in [2.75, 3.05) is 20.8 Å². The highest BCUT2D eigenvalue weighted by Crippen LogP contribution is 2.42. The number of hydrogen-bond acceptors (Lipinski definition) is 4. The summed E-state index contributed by atoms with van der Waals surface area (Å²) in [4.78, 5) is 22.2. The smallest absolute Gasteiger partial charge is 0.315 e. The molecular weight excluding hydrogens is 428 g/mol. The lowest BCUT2D eigenvalue weighted by Gasteiger charge is -2.40. The van der Waals surface area contributed by atoms with Gasteiger partial charge in [0, 0.05) is 35.5 Å². The van der Waals surface area contributed by atoms with Crippen LogP contribution in [-0.4, -0.2) is 47.7 Å². The number of pyridine rings is 1. The summed E-state index contributed by atoms with van der Waals surface area (Å²) in [5.41, 5.74) is 12.4. The summed E-state index contributed by atoms with van der Waals surface area (Å²) < 4.78 is 10.9. The number of aromatic amines is 1. The molecule has 1 aliphatic carbocycles. The van der Waals surface area contributed by atoms with Gasteiger partial charge in [-0.15, -0.1) is 0 Å². The number of H-pyrrole nitrogens is 1. The number of amides is 2. The fraction of sp³-hybridized carbons (Fsp3) is 0.407. The number of primary amides is 1. The van der Waals surface area contributed by atoms with Crippen LogP contribution in [0.1, 0.15) is 44.6 Å². The highest BCUT2D eigenvalue weighted by molar-refractivity contribution is 5.94. The number of carbonyl (C=O) groups excluding carboxylic acids is 1. The molecule has 1 aromatic carbocycles. The number of nitrogens with one attached hydrogen (secondary N) is 1. The van der Waals surface area contributed by atoms with Gasteiger partial charge in [-0.3, -0.25) is 0 Å². The van der Waals surface area contributed by atoms with Crippen LogP contribution in [0, 0.1) is 5.92 Å². The molecule has 2 aliphatic rings. The van der Waals surface area contributed by atoms with Gasteiger partial charge in [-0.05, 0) is 67.0 Å². The summed E-state index contributed by atoms with van der Waals surface area (Å²) in [7, 11) is 3.28. The molecule has 1 unspecified atom stereocenters. The van der Waals surface area contributed by atoms with E-state index in [1.165, 1.54) is 24.0 Å². The summed E-state index contributed by atoms with van der Waals surface area (Å²) in [6, 6.07) is 7.85. The Hall–Kier alpha value is -3.48. The first-order valence-electron chi connectivity index (χ1n) is 12.0. The SMILES string of the molecule is COc1ccc(-c2cnc3[nH]cc(C4=C(C)C(C5CCCC5)N(C(N)=O)CC4)c3c2)cc1OC. The average Bonchev–Trinajstić information content (AvgIpc) is 3.53. The van der Waals surface area contributed by atoms with Crippen LogP contribution < -0.4 is 15.2 Å². The number of carbonyl (C=O) groups is 1. The number of nitrogens with two attached hydrogens (primary N) is 1. The van der Waals surface area contributed by atoms with E-state index in [2.05, 4.69) is 24.2 Å². The number of hydrogen-bond donors (Lipinski definition) is 2. The molecule has 1 saturated carbocycles. The Bertz CT molecular complexity index is 1260. The molecule has 5 rings (SSSR count). The maximum absolute atomic E-state index is 12.3. The predicted molar refractivity (Wildman–Crippen MR) is 134 cm³/mol. The summed E-state index contributed by atoms with van der Waals surface area (Å²) >= 11 is 0. The second-order valence-electron chi connectivity index (χ2n) is 9.32. The maximum Gasteiger partial charge on any atom is 0.315 e. The first kappa shape index (κ1) is 22.3. The second-order valence-corrected chi connectivity index (χ2v) is 9.32. The van der Waals surface area contributed by atoms with Gasteiger partial charge in [-0.1, -0.05) is 18.9 Å². The normalized spacial score (nSPS) is 19.1. The molecule has 0 bridgehead atoms. The average molecular weight is 461 g/mol. The van der Waals surface area contributed by atoms with E-state index in [9.17, 15) is 4.79 Å². The molecule has 3 N–H and O–H groups in total. The lowest BCUT2D eigenvalue weighted by atomic mass is 9.82. The van der Waals surface area contributed by atoms with Crippen LogP contribution >= 0.6 is 0 Å². The Morgan fingerprint density at radius 2 is 1.88 bits per heavy atom. The van der Waals surface area contributed by atoms with Crippen LogP contribution in [0.3, 0.4) is 0 Å². The van der Waals surface area contributed by atoms with E-state index < -0.39 is 0 Å². The van der Waals surface area contributed by atoms with Crippen molar-refractivity contribution in [1.82, 2.24) is 14.9 Å². The fourth-order valence-electron chi connectivity index (χ4n) is 5.88. The van der Waals surface area contributed by atoms with E-state index in [1.807, 2.05) is 29.3 Å². The standard InChI is InChI=1S/C27H32N4O3/c1-16-20(10-11-31(27(28)32)25(16)17-6-4-5-7-17)22-15-30-26-21(22)12-19(14-29-26)18-8-9-23(33-2)24(13-18)34-3/h8-9,12-15,17,25H,4-7,10-11H2,1-3H3,(H2,28,32)(H,29,30). The molecule has 3 heterocycles. The predicted octanol–water partition coefficient (Wildman–Crippen LogP) is 5.36. The Labute approximate surface area is 199 Å². The van der Waals surface area contributed by atoms with Crippen LogP contribution in [0.5, 0.6) is 11.5 Å². The summed E-state index contributed by atoms with van der Waals surface area (Å²) in [6.07, 6.45) is 9.47. The van der Waals surface area contributed by atoms with E-state index in [4.69, 9.17) is 20.2 Å². The third kappa shape index (κ3) is 3.79. The highest BCUT2D eigenvalue weighted by atomic mass is 16.5. The molecule has 1 fully saturated rings. The van der Waals surface area contributed by atoms with E-state index in [0.29, 0.717) is 24.0 Å². The monoisotopic (exact) mass is 460 g/mol.